The van der Waals surface area contributed by atoms with E-state index in [9.17, 15) is 0 Å². The first-order valence-electron chi connectivity index (χ1n) is 6.59. The Hall–Kier alpha value is -1.16. The summed E-state index contributed by atoms with van der Waals surface area (Å²) >= 11 is 0. The van der Waals surface area contributed by atoms with Crippen LogP contribution in [0.2, 0.25) is 0 Å². The van der Waals surface area contributed by atoms with Crippen molar-refractivity contribution in [3.63, 3.8) is 0 Å². The van der Waals surface area contributed by atoms with Gasteiger partial charge in [-0.1, -0.05) is 6.92 Å². The highest BCUT2D eigenvalue weighted by atomic mass is 15.2. The average molecular weight is 234 g/mol. The molecule has 1 saturated carbocycles. The molecular formula is C13H22N4. The number of aromatic nitrogens is 2. The molecule has 0 radical (unpaired) electrons. The van der Waals surface area contributed by atoms with Gasteiger partial charge < -0.3 is 10.6 Å². The highest BCUT2D eigenvalue weighted by molar-refractivity contribution is 5.36. The van der Waals surface area contributed by atoms with Crippen molar-refractivity contribution in [3.8, 4) is 0 Å². The highest BCUT2D eigenvalue weighted by Gasteiger charge is 2.24. The minimum Gasteiger partial charge on any atom is -0.352 e. The monoisotopic (exact) mass is 234 g/mol. The molecule has 1 aromatic heterocycles. The van der Waals surface area contributed by atoms with E-state index in [1.165, 1.54) is 12.8 Å². The van der Waals surface area contributed by atoms with Crippen molar-refractivity contribution in [1.82, 2.24) is 9.97 Å². The van der Waals surface area contributed by atoms with Crippen molar-refractivity contribution in [2.45, 2.75) is 51.1 Å². The predicted octanol–water partition coefficient (Wildman–Crippen LogP) is 1.96. The minimum atomic E-state index is 0.400. The maximum atomic E-state index is 5.96. The zero-order valence-corrected chi connectivity index (χ0v) is 10.5. The van der Waals surface area contributed by atoms with Gasteiger partial charge in [0.25, 0.3) is 0 Å². The van der Waals surface area contributed by atoms with Crippen molar-refractivity contribution in [1.29, 1.82) is 0 Å². The Labute approximate surface area is 103 Å². The molecule has 0 saturated heterocycles. The molecule has 1 aliphatic carbocycles. The predicted molar refractivity (Wildman–Crippen MR) is 69.9 cm³/mol. The van der Waals surface area contributed by atoms with E-state index in [0.717, 1.165) is 31.6 Å². The van der Waals surface area contributed by atoms with E-state index < -0.39 is 0 Å². The Morgan fingerprint density at radius 3 is 2.65 bits per heavy atom. The van der Waals surface area contributed by atoms with E-state index in [-0.39, 0.29) is 0 Å². The first kappa shape index (κ1) is 12.3. The Bertz CT molecular complexity index is 319. The molecule has 0 bridgehead atoms. The molecular weight excluding hydrogens is 212 g/mol. The van der Waals surface area contributed by atoms with Gasteiger partial charge in [-0.3, -0.25) is 4.98 Å². The molecule has 0 atom stereocenters. The summed E-state index contributed by atoms with van der Waals surface area (Å²) in [5.41, 5.74) is 5.96. The smallest absolute Gasteiger partial charge is 0.147 e. The molecule has 2 rings (SSSR count). The lowest BCUT2D eigenvalue weighted by Crippen LogP contribution is -2.41. The summed E-state index contributed by atoms with van der Waals surface area (Å²) in [6, 6.07) is 0.989. The van der Waals surface area contributed by atoms with E-state index in [2.05, 4.69) is 21.8 Å². The Balaban J connectivity index is 2.07. The molecule has 4 nitrogen and oxygen atoms in total. The summed E-state index contributed by atoms with van der Waals surface area (Å²) in [6.07, 6.45) is 11.1. The molecule has 0 unspecified atom stereocenters. The zero-order valence-electron chi connectivity index (χ0n) is 10.5. The maximum Gasteiger partial charge on any atom is 0.147 e. The quantitative estimate of drug-likeness (QED) is 0.865. The Morgan fingerprint density at radius 2 is 2.06 bits per heavy atom. The largest absolute Gasteiger partial charge is 0.352 e. The third-order valence-electron chi connectivity index (χ3n) is 3.49. The lowest BCUT2D eigenvalue weighted by atomic mass is 9.90. The van der Waals surface area contributed by atoms with Crippen LogP contribution in [0.15, 0.2) is 18.6 Å². The van der Waals surface area contributed by atoms with Crippen LogP contribution in [-0.4, -0.2) is 28.6 Å². The van der Waals surface area contributed by atoms with Gasteiger partial charge in [0, 0.05) is 31.0 Å². The average Bonchev–Trinajstić information content (AvgIpc) is 2.38. The first-order valence-corrected chi connectivity index (χ1v) is 6.59. The molecule has 1 aliphatic rings. The van der Waals surface area contributed by atoms with Crippen LogP contribution in [0.3, 0.4) is 0 Å². The third-order valence-corrected chi connectivity index (χ3v) is 3.49. The van der Waals surface area contributed by atoms with Gasteiger partial charge in [0.05, 0.1) is 6.20 Å². The van der Waals surface area contributed by atoms with E-state index in [4.69, 9.17) is 5.73 Å². The molecule has 0 amide bonds. The summed E-state index contributed by atoms with van der Waals surface area (Å²) < 4.78 is 0. The zero-order chi connectivity index (χ0) is 12.1. The summed E-state index contributed by atoms with van der Waals surface area (Å²) in [5, 5.41) is 0. The fourth-order valence-electron chi connectivity index (χ4n) is 2.58. The second-order valence-electron chi connectivity index (χ2n) is 4.83. The van der Waals surface area contributed by atoms with Crippen LogP contribution in [0.25, 0.3) is 0 Å². The van der Waals surface area contributed by atoms with Crippen LogP contribution >= 0.6 is 0 Å². The molecule has 0 aliphatic heterocycles. The molecule has 1 fully saturated rings. The second-order valence-corrected chi connectivity index (χ2v) is 4.83. The number of rotatable bonds is 4. The molecule has 0 aromatic carbocycles. The Morgan fingerprint density at radius 1 is 1.29 bits per heavy atom. The summed E-state index contributed by atoms with van der Waals surface area (Å²) in [5.74, 6) is 1.01. The minimum absolute atomic E-state index is 0.400. The van der Waals surface area contributed by atoms with E-state index in [0.29, 0.717) is 12.1 Å². The number of hydrogen-bond donors (Lipinski definition) is 1. The maximum absolute atomic E-state index is 5.96. The lowest BCUT2D eigenvalue weighted by molar-refractivity contribution is 0.374. The summed E-state index contributed by atoms with van der Waals surface area (Å²) in [4.78, 5) is 11.0. The Kier molecular flexibility index (Phi) is 4.31. The molecule has 1 heterocycles. The van der Waals surface area contributed by atoms with E-state index in [1.54, 1.807) is 12.4 Å². The molecule has 4 heteroatoms. The topological polar surface area (TPSA) is 55.0 Å². The molecule has 94 valence electrons. The number of nitrogens with zero attached hydrogens (tertiary/aromatic N) is 3. The summed E-state index contributed by atoms with van der Waals surface area (Å²) in [7, 11) is 0. The van der Waals surface area contributed by atoms with Crippen LogP contribution < -0.4 is 10.6 Å². The summed E-state index contributed by atoms with van der Waals surface area (Å²) in [6.45, 7) is 3.26. The molecule has 17 heavy (non-hydrogen) atoms. The van der Waals surface area contributed by atoms with E-state index >= 15 is 0 Å². The fourth-order valence-corrected chi connectivity index (χ4v) is 2.58. The van der Waals surface area contributed by atoms with Gasteiger partial charge >= 0.3 is 0 Å². The van der Waals surface area contributed by atoms with Crippen LogP contribution in [0.1, 0.15) is 39.0 Å². The van der Waals surface area contributed by atoms with Gasteiger partial charge in [-0.25, -0.2) is 4.98 Å². The van der Waals surface area contributed by atoms with Gasteiger partial charge in [-0.2, -0.15) is 0 Å². The van der Waals surface area contributed by atoms with Gasteiger partial charge in [-0.15, -0.1) is 0 Å². The van der Waals surface area contributed by atoms with Crippen LogP contribution in [0, 0.1) is 0 Å². The first-order chi connectivity index (χ1) is 8.31. The van der Waals surface area contributed by atoms with Crippen LogP contribution in [-0.2, 0) is 0 Å². The fraction of sp³-hybridized carbons (Fsp3) is 0.692. The van der Waals surface area contributed by atoms with Crippen molar-refractivity contribution in [2.24, 2.45) is 5.73 Å². The van der Waals surface area contributed by atoms with Gasteiger partial charge in [0.15, 0.2) is 0 Å². The van der Waals surface area contributed by atoms with Crippen molar-refractivity contribution >= 4 is 5.82 Å². The molecule has 0 spiro atoms. The van der Waals surface area contributed by atoms with E-state index in [1.807, 2.05) is 6.20 Å². The van der Waals surface area contributed by atoms with Gasteiger partial charge in [0.1, 0.15) is 5.82 Å². The van der Waals surface area contributed by atoms with Crippen LogP contribution in [0.5, 0.6) is 0 Å². The number of hydrogen-bond acceptors (Lipinski definition) is 4. The second kappa shape index (κ2) is 5.96. The van der Waals surface area contributed by atoms with Gasteiger partial charge in [0.2, 0.25) is 0 Å². The number of nitrogens with two attached hydrogens (primary N) is 1. The molecule has 2 N–H and O–H groups in total. The standard InChI is InChI=1S/C13H22N4/c1-2-9-17(13-10-15-7-8-16-13)12-5-3-11(14)4-6-12/h7-8,10-12H,2-6,9,14H2,1H3. The SMILES string of the molecule is CCCN(c1cnccn1)C1CCC(N)CC1. The highest BCUT2D eigenvalue weighted by Crippen LogP contribution is 2.25. The normalized spacial score (nSPS) is 24.6. The lowest BCUT2D eigenvalue weighted by Gasteiger charge is -2.36. The number of anilines is 1. The van der Waals surface area contributed by atoms with Crippen molar-refractivity contribution in [2.75, 3.05) is 11.4 Å². The van der Waals surface area contributed by atoms with Crippen molar-refractivity contribution < 1.29 is 0 Å². The van der Waals surface area contributed by atoms with Crippen molar-refractivity contribution in [3.05, 3.63) is 18.6 Å². The molecule has 1 aromatic rings. The van der Waals surface area contributed by atoms with Gasteiger partial charge in [-0.05, 0) is 32.1 Å². The third kappa shape index (κ3) is 3.16. The van der Waals surface area contributed by atoms with Crippen LogP contribution in [0.4, 0.5) is 5.82 Å².